The van der Waals surface area contributed by atoms with Gasteiger partial charge in [-0.15, -0.1) is 0 Å². The first-order valence-corrected chi connectivity index (χ1v) is 11.7. The fourth-order valence-electron chi connectivity index (χ4n) is 7.29. The van der Waals surface area contributed by atoms with E-state index in [9.17, 15) is 14.7 Å². The Bertz CT molecular complexity index is 819. The molecule has 0 saturated heterocycles. The number of hydrogen-bond acceptors (Lipinski definition) is 5. The molecule has 6 atom stereocenters. The predicted molar refractivity (Wildman–Crippen MR) is 116 cm³/mol. The first-order chi connectivity index (χ1) is 14.6. The van der Waals surface area contributed by atoms with E-state index in [1.807, 2.05) is 0 Å². The molecule has 7 heteroatoms. The van der Waals surface area contributed by atoms with Crippen molar-refractivity contribution < 1.29 is 24.6 Å². The van der Waals surface area contributed by atoms with Gasteiger partial charge in [0.25, 0.3) is 5.91 Å². The second-order valence-corrected chi connectivity index (χ2v) is 10.8. The van der Waals surface area contributed by atoms with E-state index in [2.05, 4.69) is 37.3 Å². The third-order valence-corrected chi connectivity index (χ3v) is 9.35. The third kappa shape index (κ3) is 3.79. The van der Waals surface area contributed by atoms with E-state index >= 15 is 0 Å². The maximum Gasteiger partial charge on any atom is 0.322 e. The zero-order valence-electron chi connectivity index (χ0n) is 18.9. The number of carbonyl (C=O) groups excluding carboxylic acids is 1. The fourth-order valence-corrected chi connectivity index (χ4v) is 7.29. The molecule has 4 aliphatic carbocycles. The summed E-state index contributed by atoms with van der Waals surface area (Å²) in [6.45, 7) is 6.10. The number of nitrogens with one attached hydrogen (secondary N) is 1. The Kier molecular flexibility index (Phi) is 5.69. The summed E-state index contributed by atoms with van der Waals surface area (Å²) in [5.41, 5.74) is 1.99. The first kappa shape index (κ1) is 22.3. The number of oxime groups is 1. The van der Waals surface area contributed by atoms with Gasteiger partial charge in [-0.05, 0) is 93.0 Å². The molecule has 4 aliphatic rings. The van der Waals surface area contributed by atoms with E-state index in [0.717, 1.165) is 44.2 Å². The van der Waals surface area contributed by atoms with Crippen LogP contribution in [0.3, 0.4) is 0 Å². The van der Waals surface area contributed by atoms with Crippen LogP contribution < -0.4 is 5.32 Å². The first-order valence-electron chi connectivity index (χ1n) is 11.7. The number of aliphatic carboxylic acids is 1. The van der Waals surface area contributed by atoms with Crippen molar-refractivity contribution in [3.8, 4) is 0 Å². The number of nitrogens with zero attached hydrogens (tertiary/aromatic N) is 1. The average molecular weight is 433 g/mol. The lowest BCUT2D eigenvalue weighted by Crippen LogP contribution is -2.53. The molecule has 172 valence electrons. The van der Waals surface area contributed by atoms with Crippen molar-refractivity contribution in [3.05, 3.63) is 11.6 Å². The SMILES string of the molecule is C[C@]12CC/C(=N\OCC(=O)NCC(=O)O)C=C1CC[C@@H]1C2CC[C@@]2(C)C1CC[C@]2(C)O. The molecule has 0 aromatic rings. The highest BCUT2D eigenvalue weighted by molar-refractivity contribution is 5.96. The maximum absolute atomic E-state index is 11.6. The number of carboxylic acids is 1. The van der Waals surface area contributed by atoms with Crippen molar-refractivity contribution in [2.24, 2.45) is 33.7 Å². The number of carbonyl (C=O) groups is 2. The molecule has 3 saturated carbocycles. The molecule has 3 fully saturated rings. The van der Waals surface area contributed by atoms with Gasteiger partial charge in [0.05, 0.1) is 11.3 Å². The summed E-state index contributed by atoms with van der Waals surface area (Å²) in [4.78, 5) is 27.3. The van der Waals surface area contributed by atoms with Crippen LogP contribution in [0.1, 0.15) is 72.1 Å². The minimum absolute atomic E-state index is 0.0437. The van der Waals surface area contributed by atoms with E-state index < -0.39 is 24.0 Å². The monoisotopic (exact) mass is 432 g/mol. The Hall–Kier alpha value is -1.89. The number of aliphatic hydroxyl groups is 1. The molecule has 0 aromatic heterocycles. The van der Waals surface area contributed by atoms with Crippen LogP contribution in [0.25, 0.3) is 0 Å². The van der Waals surface area contributed by atoms with Gasteiger partial charge in [-0.1, -0.05) is 24.6 Å². The van der Waals surface area contributed by atoms with Crippen LogP contribution in [0.15, 0.2) is 16.8 Å². The summed E-state index contributed by atoms with van der Waals surface area (Å²) in [7, 11) is 0. The molecule has 0 aliphatic heterocycles. The van der Waals surface area contributed by atoms with Gasteiger partial charge in [-0.25, -0.2) is 0 Å². The topological polar surface area (TPSA) is 108 Å². The molecule has 31 heavy (non-hydrogen) atoms. The highest BCUT2D eigenvalue weighted by atomic mass is 16.6. The van der Waals surface area contributed by atoms with Gasteiger partial charge in [-0.3, -0.25) is 9.59 Å². The molecule has 3 N–H and O–H groups in total. The van der Waals surface area contributed by atoms with Gasteiger partial charge < -0.3 is 20.4 Å². The molecule has 0 aromatic carbocycles. The van der Waals surface area contributed by atoms with E-state index in [-0.39, 0.29) is 17.4 Å². The molecule has 0 heterocycles. The quantitative estimate of drug-likeness (QED) is 0.578. The van der Waals surface area contributed by atoms with E-state index in [4.69, 9.17) is 9.94 Å². The minimum atomic E-state index is -1.09. The number of amides is 1. The van der Waals surface area contributed by atoms with Gasteiger partial charge in [0.2, 0.25) is 0 Å². The summed E-state index contributed by atoms with van der Waals surface area (Å²) in [6, 6.07) is 0. The summed E-state index contributed by atoms with van der Waals surface area (Å²) in [6.07, 6.45) is 10.6. The molecule has 4 rings (SSSR count). The second kappa shape index (κ2) is 7.91. The zero-order chi connectivity index (χ0) is 22.4. The molecule has 2 unspecified atom stereocenters. The molecule has 0 spiro atoms. The number of allylic oxidation sites excluding steroid dienone is 2. The minimum Gasteiger partial charge on any atom is -0.480 e. The Morgan fingerprint density at radius 1 is 1.13 bits per heavy atom. The fraction of sp³-hybridized carbons (Fsp3) is 0.792. The van der Waals surface area contributed by atoms with Crippen LogP contribution in [0.4, 0.5) is 0 Å². The van der Waals surface area contributed by atoms with Crippen LogP contribution in [-0.2, 0) is 14.4 Å². The van der Waals surface area contributed by atoms with E-state index in [1.54, 1.807) is 0 Å². The third-order valence-electron chi connectivity index (χ3n) is 9.35. The molecule has 1 amide bonds. The lowest BCUT2D eigenvalue weighted by atomic mass is 9.46. The second-order valence-electron chi connectivity index (χ2n) is 10.8. The van der Waals surface area contributed by atoms with Crippen molar-refractivity contribution in [1.82, 2.24) is 5.32 Å². The van der Waals surface area contributed by atoms with Crippen molar-refractivity contribution in [2.45, 2.75) is 77.7 Å². The Morgan fingerprint density at radius 3 is 2.61 bits per heavy atom. The Labute approximate surface area is 184 Å². The maximum atomic E-state index is 11.6. The van der Waals surface area contributed by atoms with E-state index in [1.165, 1.54) is 18.4 Å². The van der Waals surface area contributed by atoms with Crippen LogP contribution in [0.2, 0.25) is 0 Å². The standard InChI is InChI=1S/C24H36N2O5/c1-22-9-6-16(26-31-14-20(27)25-13-21(28)29)12-15(22)4-5-17-18(22)7-10-23(2)19(17)8-11-24(23,3)30/h12,17-19,30H,4-11,13-14H2,1-3H3,(H,25,27)(H,28,29)/b26-16+/t17-,18?,19?,22+,23+,24+/m1/s1. The normalized spacial score (nSPS) is 42.8. The molecular weight excluding hydrogens is 396 g/mol. The van der Waals surface area contributed by atoms with Gasteiger partial charge >= 0.3 is 5.97 Å². The molecule has 0 bridgehead atoms. The lowest BCUT2D eigenvalue weighted by Gasteiger charge is -2.59. The number of carboxylic acid groups (broad SMARTS) is 1. The van der Waals surface area contributed by atoms with Crippen LogP contribution >= 0.6 is 0 Å². The van der Waals surface area contributed by atoms with Crippen LogP contribution in [0, 0.1) is 28.6 Å². The molecule has 0 radical (unpaired) electrons. The Morgan fingerprint density at radius 2 is 1.87 bits per heavy atom. The van der Waals surface area contributed by atoms with Gasteiger partial charge in [0.15, 0.2) is 6.61 Å². The van der Waals surface area contributed by atoms with Crippen LogP contribution in [-0.4, -0.2) is 46.6 Å². The molecular formula is C24H36N2O5. The van der Waals surface area contributed by atoms with Crippen molar-refractivity contribution in [2.75, 3.05) is 13.2 Å². The average Bonchev–Trinajstić information content (AvgIpc) is 2.96. The summed E-state index contributed by atoms with van der Waals surface area (Å²) < 4.78 is 0. The van der Waals surface area contributed by atoms with Crippen molar-refractivity contribution >= 4 is 17.6 Å². The van der Waals surface area contributed by atoms with Crippen molar-refractivity contribution in [3.63, 3.8) is 0 Å². The zero-order valence-corrected chi connectivity index (χ0v) is 18.9. The smallest absolute Gasteiger partial charge is 0.322 e. The number of rotatable bonds is 5. The Balaban J connectivity index is 1.43. The number of fused-ring (bicyclic) bond motifs is 5. The van der Waals surface area contributed by atoms with E-state index in [0.29, 0.717) is 17.8 Å². The highest BCUT2D eigenvalue weighted by Crippen LogP contribution is 2.67. The molecule has 7 nitrogen and oxygen atoms in total. The predicted octanol–water partition coefficient (Wildman–Crippen LogP) is 3.27. The highest BCUT2D eigenvalue weighted by Gasteiger charge is 2.62. The van der Waals surface area contributed by atoms with Gasteiger partial charge in [0.1, 0.15) is 6.54 Å². The van der Waals surface area contributed by atoms with Gasteiger partial charge in [-0.2, -0.15) is 0 Å². The summed E-state index contributed by atoms with van der Waals surface area (Å²) in [5.74, 6) is 0.377. The summed E-state index contributed by atoms with van der Waals surface area (Å²) in [5, 5.41) is 26.1. The lowest BCUT2D eigenvalue weighted by molar-refractivity contribution is -0.138. The largest absolute Gasteiger partial charge is 0.480 e. The van der Waals surface area contributed by atoms with Gasteiger partial charge in [0, 0.05) is 0 Å². The number of hydrogen-bond donors (Lipinski definition) is 3. The van der Waals surface area contributed by atoms with Crippen LogP contribution in [0.5, 0.6) is 0 Å². The summed E-state index contributed by atoms with van der Waals surface area (Å²) >= 11 is 0. The van der Waals surface area contributed by atoms with Crippen molar-refractivity contribution in [1.29, 1.82) is 0 Å².